The second-order valence-corrected chi connectivity index (χ2v) is 38.4. The number of rotatable bonds is 24. The van der Waals surface area contributed by atoms with Gasteiger partial charge in [-0.25, -0.2) is 0 Å². The van der Waals surface area contributed by atoms with Gasteiger partial charge in [-0.05, 0) is 245 Å². The largest absolute Gasteiger partial charge is 0.375 e. The van der Waals surface area contributed by atoms with Crippen LogP contribution in [-0.2, 0) is 4.74 Å². The van der Waals surface area contributed by atoms with E-state index in [1.165, 1.54) is 154 Å². The van der Waals surface area contributed by atoms with Crippen molar-refractivity contribution in [3.63, 3.8) is 0 Å². The Labute approximate surface area is 557 Å². The minimum atomic E-state index is 0.256. The van der Waals surface area contributed by atoms with Crippen LogP contribution in [0.4, 0.5) is 0 Å². The summed E-state index contributed by atoms with van der Waals surface area (Å²) in [5, 5.41) is 0. The van der Waals surface area contributed by atoms with Crippen molar-refractivity contribution in [1.29, 1.82) is 0 Å². The maximum Gasteiger partial charge on any atom is 0.0873 e. The fourth-order valence-electron chi connectivity index (χ4n) is 23.6. The lowest BCUT2D eigenvalue weighted by atomic mass is 9.67. The van der Waals surface area contributed by atoms with Crippen LogP contribution in [0, 0.1) is 142 Å². The van der Waals surface area contributed by atoms with Crippen molar-refractivity contribution in [2.45, 2.75) is 381 Å². The van der Waals surface area contributed by atoms with Gasteiger partial charge in [-0.1, -0.05) is 218 Å². The highest BCUT2D eigenvalue weighted by Gasteiger charge is 2.55. The van der Waals surface area contributed by atoms with E-state index in [1.54, 1.807) is 0 Å². The topological polar surface area (TPSA) is 22.2 Å². The molecule has 0 bridgehead atoms. The van der Waals surface area contributed by atoms with Gasteiger partial charge >= 0.3 is 0 Å². The van der Waals surface area contributed by atoms with Crippen molar-refractivity contribution in [2.75, 3.05) is 13.2 Å². The minimum absolute atomic E-state index is 0.256. The van der Waals surface area contributed by atoms with Gasteiger partial charge in [0.15, 0.2) is 0 Å². The van der Waals surface area contributed by atoms with Crippen LogP contribution in [0.25, 0.3) is 0 Å². The van der Waals surface area contributed by atoms with E-state index in [9.17, 15) is 0 Å². The second-order valence-electron chi connectivity index (χ2n) is 38.4. The van der Waals surface area contributed by atoms with Crippen molar-refractivity contribution in [2.24, 2.45) is 142 Å². The predicted molar refractivity (Wildman–Crippen MR) is 387 cm³/mol. The Bertz CT molecular complexity index is 1620. The average molecular weight is 1240 g/mol. The molecule has 520 valence electrons. The molecule has 0 aromatic rings. The van der Waals surface area contributed by atoms with E-state index in [-0.39, 0.29) is 12.3 Å². The first-order valence-electron chi connectivity index (χ1n) is 40.7. The van der Waals surface area contributed by atoms with E-state index >= 15 is 0 Å². The van der Waals surface area contributed by atoms with Gasteiger partial charge in [-0.15, -0.1) is 0 Å². The Morgan fingerprint density at radius 1 is 0.213 bits per heavy atom. The molecule has 24 atom stereocenters. The molecule has 5 nitrogen and oxygen atoms in total. The molecule has 0 heterocycles. The predicted octanol–water partition coefficient (Wildman–Crippen LogP) is 22.5. The molecule has 89 heavy (non-hydrogen) atoms. The van der Waals surface area contributed by atoms with Gasteiger partial charge < -0.3 is 4.74 Å². The Balaban J connectivity index is 1.44. The van der Waals surface area contributed by atoms with Gasteiger partial charge in [-0.3, -0.25) is 19.6 Å². The lowest BCUT2D eigenvalue weighted by Crippen LogP contribution is -2.70. The first-order chi connectivity index (χ1) is 42.1. The molecule has 0 aliphatic heterocycles. The Hall–Kier alpha value is -0.200. The Morgan fingerprint density at radius 2 is 0.337 bits per heavy atom. The zero-order valence-electron chi connectivity index (χ0n) is 64.2. The molecule has 0 amide bonds. The minimum Gasteiger partial charge on any atom is -0.375 e. The zero-order valence-corrected chi connectivity index (χ0v) is 64.2. The van der Waals surface area contributed by atoms with Crippen molar-refractivity contribution in [3.8, 4) is 0 Å². The van der Waals surface area contributed by atoms with Gasteiger partial charge in [0.1, 0.15) is 0 Å². The van der Waals surface area contributed by atoms with E-state index in [2.05, 4.69) is 186 Å². The number of nitrogens with zero attached hydrogens (tertiary/aromatic N) is 4. The maximum atomic E-state index is 8.82. The Kier molecular flexibility index (Phi) is 28.0. The smallest absolute Gasteiger partial charge is 0.0873 e. The van der Waals surface area contributed by atoms with E-state index in [4.69, 9.17) is 4.74 Å². The van der Waals surface area contributed by atoms with Gasteiger partial charge in [0.2, 0.25) is 0 Å². The quantitative estimate of drug-likeness (QED) is 0.0896. The summed E-state index contributed by atoms with van der Waals surface area (Å²) in [6, 6.07) is 4.59. The van der Waals surface area contributed by atoms with Gasteiger partial charge in [0, 0.05) is 48.3 Å². The van der Waals surface area contributed by atoms with Crippen LogP contribution in [0.5, 0.6) is 0 Å². The van der Waals surface area contributed by atoms with E-state index in [1.807, 2.05) is 0 Å². The fraction of sp³-hybridized carbons (Fsp3) is 1.00. The van der Waals surface area contributed by atoms with Crippen LogP contribution in [0.2, 0.25) is 0 Å². The lowest BCUT2D eigenvalue weighted by Gasteiger charge is -2.62. The summed E-state index contributed by atoms with van der Waals surface area (Å²) in [5.74, 6) is 17.1. The molecule has 0 aromatic carbocycles. The monoisotopic (exact) mass is 1240 g/mol. The summed E-state index contributed by atoms with van der Waals surface area (Å²) in [7, 11) is 0. The fourth-order valence-corrected chi connectivity index (χ4v) is 23.6. The van der Waals surface area contributed by atoms with Crippen molar-refractivity contribution < 1.29 is 4.74 Å². The average Bonchev–Trinajstić information content (AvgIpc) is 0.793. The van der Waals surface area contributed by atoms with Crippen molar-refractivity contribution >= 4 is 0 Å². The highest BCUT2D eigenvalue weighted by Crippen LogP contribution is 2.53. The third-order valence-corrected chi connectivity index (χ3v) is 28.9. The molecule has 0 saturated heterocycles. The molecule has 0 N–H and O–H groups in total. The van der Waals surface area contributed by atoms with E-state index < -0.39 is 0 Å². The molecule has 8 rings (SSSR count). The first-order valence-corrected chi connectivity index (χ1v) is 40.7. The molecule has 0 aromatic heterocycles. The molecule has 0 radical (unpaired) electrons. The van der Waals surface area contributed by atoms with E-state index in [0.29, 0.717) is 143 Å². The van der Waals surface area contributed by atoms with Crippen LogP contribution in [0.1, 0.15) is 320 Å². The Morgan fingerprint density at radius 3 is 0.449 bits per heavy atom. The highest BCUT2D eigenvalue weighted by molar-refractivity contribution is 5.07. The zero-order chi connectivity index (χ0) is 65.0. The molecule has 8 saturated carbocycles. The van der Waals surface area contributed by atoms with Crippen LogP contribution >= 0.6 is 0 Å². The molecule has 0 spiro atoms. The van der Waals surface area contributed by atoms with Gasteiger partial charge in [-0.2, -0.15) is 0 Å². The summed E-state index contributed by atoms with van der Waals surface area (Å²) in [6.07, 6.45) is 33.7. The second kappa shape index (κ2) is 33.4. The third-order valence-electron chi connectivity index (χ3n) is 28.9. The van der Waals surface area contributed by atoms with Crippen LogP contribution in [0.3, 0.4) is 0 Å². The van der Waals surface area contributed by atoms with E-state index in [0.717, 1.165) is 60.6 Å². The molecular formula is C84H158N4O. The van der Waals surface area contributed by atoms with Gasteiger partial charge in [0.25, 0.3) is 0 Å². The van der Waals surface area contributed by atoms with Crippen molar-refractivity contribution in [1.82, 2.24) is 19.6 Å². The molecular weight excluding hydrogens is 1080 g/mol. The third kappa shape index (κ3) is 17.9. The summed E-state index contributed by atoms with van der Waals surface area (Å²) in [6.45, 7) is 65.6. The van der Waals surface area contributed by atoms with Crippen LogP contribution in [-0.4, -0.2) is 93.5 Å². The number of hydrogen-bond acceptors (Lipinski definition) is 5. The van der Waals surface area contributed by atoms with Crippen LogP contribution < -0.4 is 0 Å². The molecule has 5 heteroatoms. The molecule has 24 unspecified atom stereocenters. The SMILES string of the molecule is CC1CCC(C(C)C)C(N(C2CC(C)CCC2C(C)C)C(COCC(N(C2CC(C)CCC2C(C)C)C2CC(C)CCC2C(C)C)N(C2CC(C)CCC2C(C)C)C2CC(C)CCC2C(C)C)N(C2CC(C)CCC2C(C)C)C2CC(C)CCC2C(C)C)C1. The number of hydrogen-bond donors (Lipinski definition) is 0. The van der Waals surface area contributed by atoms with Gasteiger partial charge in [0.05, 0.1) is 25.5 Å². The molecule has 8 fully saturated rings. The van der Waals surface area contributed by atoms with Crippen LogP contribution in [0.15, 0.2) is 0 Å². The summed E-state index contributed by atoms with van der Waals surface area (Å²) >= 11 is 0. The molecule has 8 aliphatic rings. The summed E-state index contributed by atoms with van der Waals surface area (Å²) in [4.78, 5) is 14.1. The number of ether oxygens (including phenoxy) is 1. The summed E-state index contributed by atoms with van der Waals surface area (Å²) < 4.78 is 8.82. The highest BCUT2D eigenvalue weighted by atomic mass is 16.5. The normalized spacial score (nSPS) is 41.7. The lowest BCUT2D eigenvalue weighted by molar-refractivity contribution is -0.187. The van der Waals surface area contributed by atoms with Crippen molar-refractivity contribution in [3.05, 3.63) is 0 Å². The molecule has 8 aliphatic carbocycles. The first kappa shape index (κ1) is 74.6. The maximum absolute atomic E-state index is 8.82. The standard InChI is InChI=1S/C84H158N4O/c1-51(2)67-33-25-59(17)41-75(67)85(76-42-60(18)26-34-68(76)52(3)4)83(86(77-43-61(19)27-35-69(77)53(5)6)78-44-62(20)28-36-70(78)54(7)8)49-89-50-84(87(79-45-63(21)29-37-71(79)55(9)10)80-46-64(22)30-38-72(80)56(11)12)88(81-47-65(23)31-39-73(81)57(13)14)82-48-66(24)32-40-74(82)58(15)16/h51-84H,25-50H2,1-24H3. The summed E-state index contributed by atoms with van der Waals surface area (Å²) in [5.41, 5.74) is 0.